The van der Waals surface area contributed by atoms with Crippen LogP contribution in [0.4, 0.5) is 11.4 Å². The molecule has 106 valence electrons. The Morgan fingerprint density at radius 3 is 2.24 bits per heavy atom. The van der Waals surface area contributed by atoms with Crippen molar-refractivity contribution in [2.24, 2.45) is 0 Å². The van der Waals surface area contributed by atoms with Crippen LogP contribution in [0.15, 0.2) is 47.0 Å². The first kappa shape index (κ1) is 13.2. The summed E-state index contributed by atoms with van der Waals surface area (Å²) in [6.45, 7) is 2.12. The van der Waals surface area contributed by atoms with Crippen LogP contribution >= 0.6 is 0 Å². The highest BCUT2D eigenvalue weighted by Crippen LogP contribution is 2.26. The van der Waals surface area contributed by atoms with E-state index in [2.05, 4.69) is 29.2 Å². The zero-order valence-electron chi connectivity index (χ0n) is 11.7. The van der Waals surface area contributed by atoms with Crippen molar-refractivity contribution >= 4 is 11.4 Å². The summed E-state index contributed by atoms with van der Waals surface area (Å²) in [5, 5.41) is 4.01. The van der Waals surface area contributed by atoms with Gasteiger partial charge in [0.2, 0.25) is 5.82 Å². The lowest BCUT2D eigenvalue weighted by Crippen LogP contribution is -1.91. The molecular formula is C16H16N4O. The Bertz CT molecular complexity index is 742. The van der Waals surface area contributed by atoms with Crippen LogP contribution in [0.25, 0.3) is 22.8 Å². The van der Waals surface area contributed by atoms with Gasteiger partial charge in [0.15, 0.2) is 0 Å². The highest BCUT2D eigenvalue weighted by molar-refractivity contribution is 5.68. The van der Waals surface area contributed by atoms with Crippen LogP contribution < -0.4 is 11.5 Å². The van der Waals surface area contributed by atoms with Crippen LogP contribution in [-0.4, -0.2) is 10.1 Å². The third kappa shape index (κ3) is 2.72. The lowest BCUT2D eigenvalue weighted by Gasteiger charge is -1.99. The number of benzene rings is 2. The predicted molar refractivity (Wildman–Crippen MR) is 83.4 cm³/mol. The molecule has 5 nitrogen and oxygen atoms in total. The van der Waals surface area contributed by atoms with E-state index < -0.39 is 0 Å². The Morgan fingerprint density at radius 2 is 1.62 bits per heavy atom. The standard InChI is InChI=1S/C16H16N4O/c1-2-10-3-5-11(6-4-10)15-19-16(21-20-15)12-7-13(17)9-14(18)8-12/h3-9H,2,17-18H2,1H3. The van der Waals surface area contributed by atoms with Crippen LogP contribution in [0.3, 0.4) is 0 Å². The number of nitrogens with two attached hydrogens (primary N) is 2. The maximum atomic E-state index is 5.78. The summed E-state index contributed by atoms with van der Waals surface area (Å²) in [5.74, 6) is 0.956. The summed E-state index contributed by atoms with van der Waals surface area (Å²) in [4.78, 5) is 4.40. The summed E-state index contributed by atoms with van der Waals surface area (Å²) in [5.41, 5.74) is 15.6. The third-order valence-corrected chi connectivity index (χ3v) is 3.27. The summed E-state index contributed by atoms with van der Waals surface area (Å²) in [7, 11) is 0. The van der Waals surface area contributed by atoms with Crippen LogP contribution in [0.1, 0.15) is 12.5 Å². The number of hydrogen-bond donors (Lipinski definition) is 2. The average Bonchev–Trinajstić information content (AvgIpc) is 2.96. The van der Waals surface area contributed by atoms with Crippen molar-refractivity contribution < 1.29 is 4.52 Å². The van der Waals surface area contributed by atoms with E-state index >= 15 is 0 Å². The molecule has 3 rings (SSSR count). The molecule has 21 heavy (non-hydrogen) atoms. The van der Waals surface area contributed by atoms with Crippen molar-refractivity contribution in [3.05, 3.63) is 48.0 Å². The fraction of sp³-hybridized carbons (Fsp3) is 0.125. The molecule has 3 aromatic rings. The summed E-state index contributed by atoms with van der Waals surface area (Å²) >= 11 is 0. The molecule has 0 saturated carbocycles. The highest BCUT2D eigenvalue weighted by Gasteiger charge is 2.11. The Balaban J connectivity index is 1.95. The third-order valence-electron chi connectivity index (χ3n) is 3.27. The second-order valence-corrected chi connectivity index (χ2v) is 4.86. The SMILES string of the molecule is CCc1ccc(-c2noc(-c3cc(N)cc(N)c3)n2)cc1. The normalized spacial score (nSPS) is 10.7. The van der Waals surface area contributed by atoms with E-state index in [-0.39, 0.29) is 0 Å². The molecule has 0 aliphatic carbocycles. The number of anilines is 2. The fourth-order valence-electron chi connectivity index (χ4n) is 2.15. The number of aromatic nitrogens is 2. The van der Waals surface area contributed by atoms with Crippen molar-refractivity contribution in [2.75, 3.05) is 11.5 Å². The van der Waals surface area contributed by atoms with Gasteiger partial charge < -0.3 is 16.0 Å². The maximum absolute atomic E-state index is 5.78. The monoisotopic (exact) mass is 280 g/mol. The molecule has 5 heteroatoms. The minimum atomic E-state index is 0.406. The van der Waals surface area contributed by atoms with Crippen LogP contribution in [0.2, 0.25) is 0 Å². The van der Waals surface area contributed by atoms with Crippen molar-refractivity contribution in [1.82, 2.24) is 10.1 Å². The Hall–Kier alpha value is -2.82. The molecule has 0 amide bonds. The number of hydrogen-bond acceptors (Lipinski definition) is 5. The number of nitrogens with zero attached hydrogens (tertiary/aromatic N) is 2. The largest absolute Gasteiger partial charge is 0.399 e. The zero-order valence-corrected chi connectivity index (χ0v) is 11.7. The second kappa shape index (κ2) is 5.28. The first-order valence-electron chi connectivity index (χ1n) is 6.75. The van der Waals surface area contributed by atoms with Gasteiger partial charge in [-0.1, -0.05) is 36.3 Å². The maximum Gasteiger partial charge on any atom is 0.258 e. The Labute approximate surface area is 122 Å². The van der Waals surface area contributed by atoms with Gasteiger partial charge in [-0.25, -0.2) is 0 Å². The Morgan fingerprint density at radius 1 is 0.952 bits per heavy atom. The first-order chi connectivity index (χ1) is 10.2. The van der Waals surface area contributed by atoms with E-state index in [0.717, 1.165) is 17.5 Å². The summed E-state index contributed by atoms with van der Waals surface area (Å²) in [6, 6.07) is 13.3. The molecule has 0 saturated heterocycles. The van der Waals surface area contributed by atoms with Crippen molar-refractivity contribution in [1.29, 1.82) is 0 Å². The fourth-order valence-corrected chi connectivity index (χ4v) is 2.15. The van der Waals surface area contributed by atoms with Crippen LogP contribution in [-0.2, 0) is 6.42 Å². The van der Waals surface area contributed by atoms with E-state index in [9.17, 15) is 0 Å². The van der Waals surface area contributed by atoms with Gasteiger partial charge in [-0.2, -0.15) is 4.98 Å². The summed E-state index contributed by atoms with van der Waals surface area (Å²) < 4.78 is 5.30. The zero-order chi connectivity index (χ0) is 14.8. The minimum Gasteiger partial charge on any atom is -0.399 e. The molecule has 0 fully saturated rings. The van der Waals surface area contributed by atoms with E-state index in [1.54, 1.807) is 18.2 Å². The lowest BCUT2D eigenvalue weighted by molar-refractivity contribution is 0.432. The lowest BCUT2D eigenvalue weighted by atomic mass is 10.1. The molecule has 1 heterocycles. The van der Waals surface area contributed by atoms with Crippen LogP contribution in [0, 0.1) is 0 Å². The van der Waals surface area contributed by atoms with Gasteiger partial charge in [0.25, 0.3) is 5.89 Å². The van der Waals surface area contributed by atoms with E-state index in [4.69, 9.17) is 16.0 Å². The molecule has 1 aromatic heterocycles. The van der Waals surface area contributed by atoms with Gasteiger partial charge in [0, 0.05) is 22.5 Å². The smallest absolute Gasteiger partial charge is 0.258 e. The van der Waals surface area contributed by atoms with Crippen molar-refractivity contribution in [3.63, 3.8) is 0 Å². The van der Waals surface area contributed by atoms with Gasteiger partial charge in [-0.05, 0) is 30.2 Å². The van der Waals surface area contributed by atoms with Gasteiger partial charge in [0.1, 0.15) is 0 Å². The summed E-state index contributed by atoms with van der Waals surface area (Å²) in [6.07, 6.45) is 1.00. The van der Waals surface area contributed by atoms with E-state index in [1.807, 2.05) is 12.1 Å². The molecule has 2 aromatic carbocycles. The van der Waals surface area contributed by atoms with Crippen molar-refractivity contribution in [3.8, 4) is 22.8 Å². The first-order valence-corrected chi connectivity index (χ1v) is 6.75. The van der Waals surface area contributed by atoms with Gasteiger partial charge >= 0.3 is 0 Å². The number of nitrogen functional groups attached to an aromatic ring is 2. The topological polar surface area (TPSA) is 91.0 Å². The average molecular weight is 280 g/mol. The highest BCUT2D eigenvalue weighted by atomic mass is 16.5. The molecular weight excluding hydrogens is 264 g/mol. The molecule has 4 N–H and O–H groups in total. The molecule has 0 aliphatic rings. The van der Waals surface area contributed by atoms with Crippen LogP contribution in [0.5, 0.6) is 0 Å². The number of rotatable bonds is 3. The van der Waals surface area contributed by atoms with E-state index in [1.165, 1.54) is 5.56 Å². The van der Waals surface area contributed by atoms with Gasteiger partial charge in [-0.15, -0.1) is 0 Å². The quantitative estimate of drug-likeness (QED) is 0.719. The second-order valence-electron chi connectivity index (χ2n) is 4.86. The molecule has 0 spiro atoms. The molecule has 0 radical (unpaired) electrons. The Kier molecular flexibility index (Phi) is 3.31. The van der Waals surface area contributed by atoms with Crippen molar-refractivity contribution in [2.45, 2.75) is 13.3 Å². The van der Waals surface area contributed by atoms with Gasteiger partial charge in [-0.3, -0.25) is 0 Å². The minimum absolute atomic E-state index is 0.406. The molecule has 0 aliphatic heterocycles. The number of aryl methyl sites for hydroxylation is 1. The van der Waals surface area contributed by atoms with Gasteiger partial charge in [0.05, 0.1) is 0 Å². The van der Waals surface area contributed by atoms with E-state index in [0.29, 0.717) is 23.1 Å². The predicted octanol–water partition coefficient (Wildman–Crippen LogP) is 3.13. The molecule has 0 unspecified atom stereocenters. The molecule has 0 bridgehead atoms. The molecule has 0 atom stereocenters.